The molecule has 2 aromatic carbocycles. The molecule has 1 aromatic heterocycles. The Morgan fingerprint density at radius 2 is 1.81 bits per heavy atom. The molecular formula is C20H19NO5. The van der Waals surface area contributed by atoms with Crippen LogP contribution in [0.5, 0.6) is 11.5 Å². The summed E-state index contributed by atoms with van der Waals surface area (Å²) in [5, 5.41) is 3.37. The van der Waals surface area contributed by atoms with Crippen LogP contribution < -0.4 is 20.4 Å². The van der Waals surface area contributed by atoms with Gasteiger partial charge in [0.1, 0.15) is 17.1 Å². The molecule has 0 aliphatic carbocycles. The maximum Gasteiger partial charge on any atom is 0.337 e. The Morgan fingerprint density at radius 3 is 2.50 bits per heavy atom. The van der Waals surface area contributed by atoms with Crippen LogP contribution in [0.3, 0.4) is 0 Å². The standard InChI is InChI=1S/C20H19NO5/c1-3-25-14-6-4-13(5-7-14)12-21-20(23)17-11-19(22)26-18-10-15(24-2)8-9-16(17)18/h4-11H,3,12H2,1-2H3,(H,21,23). The van der Waals surface area contributed by atoms with Crippen LogP contribution in [0.25, 0.3) is 11.0 Å². The molecule has 0 unspecified atom stereocenters. The SMILES string of the molecule is CCOc1ccc(CNC(=O)c2cc(=O)oc3cc(OC)ccc23)cc1. The van der Waals surface area contributed by atoms with Gasteiger partial charge < -0.3 is 19.2 Å². The Balaban J connectivity index is 1.80. The van der Waals surface area contributed by atoms with Gasteiger partial charge in [0, 0.05) is 24.1 Å². The van der Waals surface area contributed by atoms with E-state index in [1.54, 1.807) is 18.2 Å². The molecule has 0 saturated heterocycles. The summed E-state index contributed by atoms with van der Waals surface area (Å²) in [6, 6.07) is 13.7. The second-order valence-electron chi connectivity index (χ2n) is 5.60. The van der Waals surface area contributed by atoms with E-state index in [4.69, 9.17) is 13.9 Å². The lowest BCUT2D eigenvalue weighted by atomic mass is 10.1. The molecule has 0 aliphatic heterocycles. The molecule has 134 valence electrons. The average molecular weight is 353 g/mol. The highest BCUT2D eigenvalue weighted by Crippen LogP contribution is 2.22. The molecular weight excluding hydrogens is 334 g/mol. The van der Waals surface area contributed by atoms with Gasteiger partial charge in [0.25, 0.3) is 5.91 Å². The van der Waals surface area contributed by atoms with Crippen molar-refractivity contribution < 1.29 is 18.7 Å². The van der Waals surface area contributed by atoms with Crippen molar-refractivity contribution in [2.75, 3.05) is 13.7 Å². The van der Waals surface area contributed by atoms with Crippen molar-refractivity contribution >= 4 is 16.9 Å². The number of hydrogen-bond acceptors (Lipinski definition) is 5. The van der Waals surface area contributed by atoms with E-state index in [9.17, 15) is 9.59 Å². The summed E-state index contributed by atoms with van der Waals surface area (Å²) >= 11 is 0. The van der Waals surface area contributed by atoms with E-state index in [0.29, 0.717) is 29.9 Å². The predicted octanol–water partition coefficient (Wildman–Crippen LogP) is 3.13. The average Bonchev–Trinajstić information content (AvgIpc) is 2.66. The van der Waals surface area contributed by atoms with Crippen molar-refractivity contribution in [1.82, 2.24) is 5.32 Å². The van der Waals surface area contributed by atoms with E-state index in [2.05, 4.69) is 5.32 Å². The topological polar surface area (TPSA) is 77.8 Å². The van der Waals surface area contributed by atoms with Crippen LogP contribution in [0.1, 0.15) is 22.8 Å². The highest BCUT2D eigenvalue weighted by atomic mass is 16.5. The number of amides is 1. The van der Waals surface area contributed by atoms with Gasteiger partial charge in [-0.2, -0.15) is 0 Å². The minimum Gasteiger partial charge on any atom is -0.497 e. The maximum atomic E-state index is 12.6. The Morgan fingerprint density at radius 1 is 1.08 bits per heavy atom. The number of methoxy groups -OCH3 is 1. The normalized spacial score (nSPS) is 10.5. The fourth-order valence-corrected chi connectivity index (χ4v) is 2.61. The minimum atomic E-state index is -0.586. The Labute approximate surface area is 150 Å². The highest BCUT2D eigenvalue weighted by molar-refractivity contribution is 6.05. The van der Waals surface area contributed by atoms with Crippen molar-refractivity contribution in [3.63, 3.8) is 0 Å². The molecule has 0 aliphatic rings. The molecule has 6 heteroatoms. The number of fused-ring (bicyclic) bond motifs is 1. The largest absolute Gasteiger partial charge is 0.497 e. The molecule has 3 rings (SSSR count). The number of benzene rings is 2. The molecule has 6 nitrogen and oxygen atoms in total. The number of nitrogens with one attached hydrogen (secondary N) is 1. The van der Waals surface area contributed by atoms with Crippen LogP contribution in [0.2, 0.25) is 0 Å². The molecule has 0 fully saturated rings. The first-order valence-corrected chi connectivity index (χ1v) is 8.22. The molecule has 0 spiro atoms. The van der Waals surface area contributed by atoms with Crippen LogP contribution >= 0.6 is 0 Å². The van der Waals surface area contributed by atoms with Crippen LogP contribution in [0, 0.1) is 0 Å². The lowest BCUT2D eigenvalue weighted by Crippen LogP contribution is -2.24. The maximum absolute atomic E-state index is 12.6. The summed E-state index contributed by atoms with van der Waals surface area (Å²) in [5.41, 5.74) is 0.917. The smallest absolute Gasteiger partial charge is 0.337 e. The first kappa shape index (κ1) is 17.5. The fourth-order valence-electron chi connectivity index (χ4n) is 2.61. The van der Waals surface area contributed by atoms with Gasteiger partial charge in [-0.3, -0.25) is 4.79 Å². The summed E-state index contributed by atoms with van der Waals surface area (Å²) in [4.78, 5) is 24.3. The van der Waals surface area contributed by atoms with Gasteiger partial charge in [0.2, 0.25) is 0 Å². The summed E-state index contributed by atoms with van der Waals surface area (Å²) in [5.74, 6) is 0.984. The van der Waals surface area contributed by atoms with Gasteiger partial charge in [-0.15, -0.1) is 0 Å². The molecule has 0 atom stereocenters. The molecule has 0 bridgehead atoms. The van der Waals surface area contributed by atoms with Crippen molar-refractivity contribution in [2.45, 2.75) is 13.5 Å². The van der Waals surface area contributed by atoms with E-state index in [-0.39, 0.29) is 11.5 Å². The molecule has 1 N–H and O–H groups in total. The molecule has 1 heterocycles. The zero-order valence-corrected chi connectivity index (χ0v) is 14.6. The van der Waals surface area contributed by atoms with Crippen LogP contribution in [0.4, 0.5) is 0 Å². The van der Waals surface area contributed by atoms with Gasteiger partial charge in [-0.1, -0.05) is 12.1 Å². The summed E-state index contributed by atoms with van der Waals surface area (Å²) in [6.07, 6.45) is 0. The predicted molar refractivity (Wildman–Crippen MR) is 97.8 cm³/mol. The Bertz CT molecular complexity index is 976. The first-order valence-electron chi connectivity index (χ1n) is 8.22. The van der Waals surface area contributed by atoms with Gasteiger partial charge in [-0.05, 0) is 36.8 Å². The van der Waals surface area contributed by atoms with Crippen LogP contribution in [0.15, 0.2) is 57.7 Å². The second kappa shape index (κ2) is 7.74. The first-order chi connectivity index (χ1) is 12.6. The van der Waals surface area contributed by atoms with Gasteiger partial charge >= 0.3 is 5.63 Å². The third kappa shape index (κ3) is 3.85. The number of hydrogen-bond donors (Lipinski definition) is 1. The Hall–Kier alpha value is -3.28. The zero-order valence-electron chi connectivity index (χ0n) is 14.6. The lowest BCUT2D eigenvalue weighted by Gasteiger charge is -2.09. The minimum absolute atomic E-state index is 0.268. The van der Waals surface area contributed by atoms with Crippen LogP contribution in [-0.2, 0) is 6.54 Å². The summed E-state index contributed by atoms with van der Waals surface area (Å²) in [6.45, 7) is 2.86. The molecule has 3 aromatic rings. The molecule has 0 saturated carbocycles. The van der Waals surface area contributed by atoms with Crippen molar-refractivity contribution in [2.24, 2.45) is 0 Å². The van der Waals surface area contributed by atoms with Crippen molar-refractivity contribution in [3.05, 3.63) is 70.1 Å². The second-order valence-corrected chi connectivity index (χ2v) is 5.60. The van der Waals surface area contributed by atoms with E-state index < -0.39 is 5.63 Å². The third-order valence-corrected chi connectivity index (χ3v) is 3.88. The number of carbonyl (C=O) groups excluding carboxylic acids is 1. The molecule has 26 heavy (non-hydrogen) atoms. The summed E-state index contributed by atoms with van der Waals surface area (Å²) in [7, 11) is 1.52. The van der Waals surface area contributed by atoms with Crippen LogP contribution in [-0.4, -0.2) is 19.6 Å². The van der Waals surface area contributed by atoms with E-state index in [0.717, 1.165) is 11.3 Å². The van der Waals surface area contributed by atoms with E-state index in [1.165, 1.54) is 13.2 Å². The monoisotopic (exact) mass is 353 g/mol. The van der Waals surface area contributed by atoms with Crippen molar-refractivity contribution in [1.29, 1.82) is 0 Å². The molecule has 0 radical (unpaired) electrons. The van der Waals surface area contributed by atoms with E-state index in [1.807, 2.05) is 31.2 Å². The Kier molecular flexibility index (Phi) is 5.22. The zero-order chi connectivity index (χ0) is 18.5. The molecule has 1 amide bonds. The van der Waals surface area contributed by atoms with Gasteiger partial charge in [0.05, 0.1) is 19.3 Å². The van der Waals surface area contributed by atoms with Crippen molar-refractivity contribution in [3.8, 4) is 11.5 Å². The lowest BCUT2D eigenvalue weighted by molar-refractivity contribution is 0.0952. The summed E-state index contributed by atoms with van der Waals surface area (Å²) < 4.78 is 15.7. The fraction of sp³-hybridized carbons (Fsp3) is 0.200. The van der Waals surface area contributed by atoms with Gasteiger partial charge in [0.15, 0.2) is 0 Å². The van der Waals surface area contributed by atoms with Gasteiger partial charge in [-0.25, -0.2) is 4.79 Å². The number of carbonyl (C=O) groups is 1. The quantitative estimate of drug-likeness (QED) is 0.689. The third-order valence-electron chi connectivity index (χ3n) is 3.88. The number of ether oxygens (including phenoxy) is 2. The number of rotatable bonds is 6. The van der Waals surface area contributed by atoms with E-state index >= 15 is 0 Å². The highest BCUT2D eigenvalue weighted by Gasteiger charge is 2.13.